The lowest BCUT2D eigenvalue weighted by molar-refractivity contribution is -0.120. The van der Waals surface area contributed by atoms with Gasteiger partial charge in [0.05, 0.1) is 10.9 Å². The second kappa shape index (κ2) is 9.99. The highest BCUT2D eigenvalue weighted by Crippen LogP contribution is 2.41. The summed E-state index contributed by atoms with van der Waals surface area (Å²) >= 11 is 1.43. The number of benzene rings is 2. The highest BCUT2D eigenvalue weighted by Gasteiger charge is 2.32. The zero-order valence-corrected chi connectivity index (χ0v) is 19.1. The van der Waals surface area contributed by atoms with Crippen molar-refractivity contribution in [3.8, 4) is 5.69 Å². The lowest BCUT2D eigenvalue weighted by Crippen LogP contribution is -2.32. The number of anilines is 1. The van der Waals surface area contributed by atoms with Gasteiger partial charge in [-0.3, -0.25) is 14.2 Å². The van der Waals surface area contributed by atoms with Gasteiger partial charge in [0.2, 0.25) is 11.8 Å². The summed E-state index contributed by atoms with van der Waals surface area (Å²) in [7, 11) is 0. The number of thioether (sulfide) groups is 1. The van der Waals surface area contributed by atoms with E-state index in [4.69, 9.17) is 0 Å². The molecule has 8 heteroatoms. The van der Waals surface area contributed by atoms with Crippen LogP contribution < -0.4 is 10.6 Å². The molecule has 1 saturated carbocycles. The first-order valence-electron chi connectivity index (χ1n) is 10.9. The molecule has 1 atom stereocenters. The molecular weight excluding hydrogens is 422 g/mol. The molecule has 0 radical (unpaired) electrons. The fourth-order valence-corrected chi connectivity index (χ4v) is 4.48. The lowest BCUT2D eigenvalue weighted by Gasteiger charge is -2.16. The number of nitrogens with one attached hydrogen (secondary N) is 2. The smallest absolute Gasteiger partial charge is 0.233 e. The first-order valence-corrected chi connectivity index (χ1v) is 11.7. The number of nitrogens with zero attached hydrogens (tertiary/aromatic N) is 3. The van der Waals surface area contributed by atoms with Gasteiger partial charge in [0, 0.05) is 25.1 Å². The minimum atomic E-state index is -0.285. The molecule has 32 heavy (non-hydrogen) atoms. The molecule has 1 aliphatic carbocycles. The molecule has 0 spiro atoms. The maximum Gasteiger partial charge on any atom is 0.233 e. The Labute approximate surface area is 192 Å². The summed E-state index contributed by atoms with van der Waals surface area (Å²) in [6, 6.07) is 17.5. The molecule has 1 fully saturated rings. The number of amides is 2. The van der Waals surface area contributed by atoms with Gasteiger partial charge in [-0.2, -0.15) is 0 Å². The number of hydrogen-bond donors (Lipinski definition) is 2. The molecule has 0 saturated heterocycles. The molecule has 2 aromatic carbocycles. The van der Waals surface area contributed by atoms with E-state index >= 15 is 0 Å². The second-order valence-electron chi connectivity index (χ2n) is 7.90. The van der Waals surface area contributed by atoms with Crippen molar-refractivity contribution in [2.75, 3.05) is 5.32 Å². The van der Waals surface area contributed by atoms with Crippen LogP contribution in [0.2, 0.25) is 0 Å². The quantitative estimate of drug-likeness (QED) is 0.476. The number of rotatable bonds is 9. The van der Waals surface area contributed by atoms with Crippen molar-refractivity contribution >= 4 is 29.3 Å². The first kappa shape index (κ1) is 22.1. The van der Waals surface area contributed by atoms with E-state index in [0.29, 0.717) is 29.7 Å². The Bertz CT molecular complexity index is 1090. The highest BCUT2D eigenvalue weighted by atomic mass is 32.2. The van der Waals surface area contributed by atoms with Gasteiger partial charge in [0.15, 0.2) is 5.16 Å². The fraction of sp³-hybridized carbons (Fsp3) is 0.333. The van der Waals surface area contributed by atoms with Crippen LogP contribution in [0, 0.1) is 0 Å². The zero-order valence-electron chi connectivity index (χ0n) is 18.2. The summed E-state index contributed by atoms with van der Waals surface area (Å²) < 4.78 is 2.03. The van der Waals surface area contributed by atoms with Gasteiger partial charge >= 0.3 is 0 Å². The summed E-state index contributed by atoms with van der Waals surface area (Å²) in [5.41, 5.74) is 2.66. The van der Waals surface area contributed by atoms with Crippen molar-refractivity contribution in [1.82, 2.24) is 20.1 Å². The van der Waals surface area contributed by atoms with Gasteiger partial charge in [-0.05, 0) is 43.0 Å². The monoisotopic (exact) mass is 449 g/mol. The predicted molar refractivity (Wildman–Crippen MR) is 126 cm³/mol. The van der Waals surface area contributed by atoms with Crippen LogP contribution in [-0.4, -0.2) is 31.8 Å². The number of hydrogen-bond acceptors (Lipinski definition) is 5. The van der Waals surface area contributed by atoms with Crippen LogP contribution in [0.25, 0.3) is 5.69 Å². The minimum absolute atomic E-state index is 0.0177. The van der Waals surface area contributed by atoms with Crippen LogP contribution in [0.15, 0.2) is 59.8 Å². The Morgan fingerprint density at radius 2 is 1.91 bits per heavy atom. The van der Waals surface area contributed by atoms with Crippen LogP contribution in [0.1, 0.15) is 50.4 Å². The Morgan fingerprint density at radius 1 is 1.12 bits per heavy atom. The number of aromatic nitrogens is 3. The van der Waals surface area contributed by atoms with Gasteiger partial charge in [-0.1, -0.05) is 55.1 Å². The Hall–Kier alpha value is -3.13. The topological polar surface area (TPSA) is 88.9 Å². The largest absolute Gasteiger partial charge is 0.351 e. The molecule has 4 rings (SSSR count). The predicted octanol–water partition coefficient (Wildman–Crippen LogP) is 4.29. The molecule has 2 amide bonds. The molecule has 2 N–H and O–H groups in total. The summed E-state index contributed by atoms with van der Waals surface area (Å²) in [6.07, 6.45) is 2.84. The molecule has 1 unspecified atom stereocenters. The molecule has 166 valence electrons. The van der Waals surface area contributed by atoms with Crippen molar-refractivity contribution < 1.29 is 9.59 Å². The van der Waals surface area contributed by atoms with Crippen LogP contribution in [0.4, 0.5) is 5.69 Å². The van der Waals surface area contributed by atoms with E-state index in [1.54, 1.807) is 0 Å². The summed E-state index contributed by atoms with van der Waals surface area (Å²) in [6.45, 7) is 3.98. The Kier molecular flexibility index (Phi) is 6.90. The molecule has 1 heterocycles. The first-order chi connectivity index (χ1) is 15.5. The van der Waals surface area contributed by atoms with Gasteiger partial charge in [0.25, 0.3) is 0 Å². The average Bonchev–Trinajstić information content (AvgIpc) is 3.55. The van der Waals surface area contributed by atoms with Crippen molar-refractivity contribution in [2.45, 2.75) is 56.0 Å². The van der Waals surface area contributed by atoms with E-state index in [9.17, 15) is 9.59 Å². The van der Waals surface area contributed by atoms with Gasteiger partial charge in [-0.15, -0.1) is 10.2 Å². The van der Waals surface area contributed by atoms with Crippen molar-refractivity contribution in [1.29, 1.82) is 0 Å². The molecule has 7 nitrogen and oxygen atoms in total. The van der Waals surface area contributed by atoms with E-state index in [1.165, 1.54) is 18.7 Å². The Balaban J connectivity index is 1.55. The molecule has 1 aliphatic rings. The van der Waals surface area contributed by atoms with E-state index in [1.807, 2.05) is 66.1 Å². The van der Waals surface area contributed by atoms with Crippen molar-refractivity contribution in [2.24, 2.45) is 0 Å². The van der Waals surface area contributed by atoms with E-state index < -0.39 is 0 Å². The van der Waals surface area contributed by atoms with E-state index in [0.717, 1.165) is 29.9 Å². The third-order valence-corrected chi connectivity index (χ3v) is 6.55. The second-order valence-corrected chi connectivity index (χ2v) is 9.07. The summed E-state index contributed by atoms with van der Waals surface area (Å²) in [4.78, 5) is 24.4. The fourth-order valence-electron chi connectivity index (χ4n) is 3.48. The molecule has 0 bridgehead atoms. The Morgan fingerprint density at radius 3 is 2.59 bits per heavy atom. The highest BCUT2D eigenvalue weighted by molar-refractivity contribution is 8.00. The van der Waals surface area contributed by atoms with Crippen LogP contribution in [0.5, 0.6) is 0 Å². The van der Waals surface area contributed by atoms with Crippen molar-refractivity contribution in [3.05, 3.63) is 66.0 Å². The van der Waals surface area contributed by atoms with E-state index in [-0.39, 0.29) is 17.1 Å². The SMILES string of the molecule is CCC(Sc1nnc(C2CC2)n1-c1cccc(NC(C)=O)c1)C(=O)NCc1ccccc1. The van der Waals surface area contributed by atoms with E-state index in [2.05, 4.69) is 20.8 Å². The summed E-state index contributed by atoms with van der Waals surface area (Å²) in [5, 5.41) is 15.2. The number of carbonyl (C=O) groups is 2. The van der Waals surface area contributed by atoms with Gasteiger partial charge < -0.3 is 10.6 Å². The zero-order chi connectivity index (χ0) is 22.5. The van der Waals surface area contributed by atoms with Crippen LogP contribution in [0.3, 0.4) is 0 Å². The average molecular weight is 450 g/mol. The third-order valence-electron chi connectivity index (χ3n) is 5.25. The number of carbonyl (C=O) groups excluding carboxylic acids is 2. The van der Waals surface area contributed by atoms with Crippen LogP contribution >= 0.6 is 11.8 Å². The molecular formula is C24H27N5O2S. The lowest BCUT2D eigenvalue weighted by atomic mass is 10.2. The standard InChI is InChI=1S/C24H27N5O2S/c1-3-21(23(31)25-15-17-8-5-4-6-9-17)32-24-28-27-22(18-12-13-18)29(24)20-11-7-10-19(14-20)26-16(2)30/h4-11,14,18,21H,3,12-13,15H2,1-2H3,(H,25,31)(H,26,30). The van der Waals surface area contributed by atoms with Gasteiger partial charge in [-0.25, -0.2) is 0 Å². The summed E-state index contributed by atoms with van der Waals surface area (Å²) in [5.74, 6) is 1.15. The van der Waals surface area contributed by atoms with Crippen LogP contribution in [-0.2, 0) is 16.1 Å². The molecule has 0 aliphatic heterocycles. The van der Waals surface area contributed by atoms with Crippen molar-refractivity contribution in [3.63, 3.8) is 0 Å². The third kappa shape index (κ3) is 5.37. The maximum absolute atomic E-state index is 12.9. The molecule has 3 aromatic rings. The normalized spacial score (nSPS) is 14.1. The van der Waals surface area contributed by atoms with Gasteiger partial charge in [0.1, 0.15) is 5.82 Å². The minimum Gasteiger partial charge on any atom is -0.351 e. The molecule has 1 aromatic heterocycles. The maximum atomic E-state index is 12.9.